The molecule has 0 aromatic heterocycles. The third-order valence-electron chi connectivity index (χ3n) is 4.98. The maximum absolute atomic E-state index is 2.39. The molecule has 3 atom stereocenters. The van der Waals surface area contributed by atoms with Crippen LogP contribution in [0.4, 0.5) is 0 Å². The minimum atomic E-state index is 0.572. The van der Waals surface area contributed by atoms with E-state index < -0.39 is 0 Å². The molecule has 0 saturated heterocycles. The van der Waals surface area contributed by atoms with Gasteiger partial charge in [-0.3, -0.25) is 0 Å². The zero-order valence-corrected chi connectivity index (χ0v) is 12.4. The average molecular weight is 272 g/mol. The summed E-state index contributed by atoms with van der Waals surface area (Å²) >= 11 is 0. The molecule has 104 valence electrons. The molecule has 0 nitrogen and oxygen atoms in total. The fourth-order valence-corrected chi connectivity index (χ4v) is 3.85. The van der Waals surface area contributed by atoms with Crippen LogP contribution in [0.15, 0.2) is 60.7 Å². The van der Waals surface area contributed by atoms with Crippen molar-refractivity contribution in [2.24, 2.45) is 5.92 Å². The summed E-state index contributed by atoms with van der Waals surface area (Å²) in [6.45, 7) is 2.39. The molecule has 0 heteroatoms. The molecule has 4 rings (SSSR count). The van der Waals surface area contributed by atoms with Crippen LogP contribution >= 0.6 is 0 Å². The summed E-state index contributed by atoms with van der Waals surface area (Å²) in [4.78, 5) is 0. The van der Waals surface area contributed by atoms with E-state index in [1.54, 1.807) is 0 Å². The van der Waals surface area contributed by atoms with Crippen LogP contribution in [0.3, 0.4) is 0 Å². The maximum atomic E-state index is 2.39. The van der Waals surface area contributed by atoms with E-state index in [0.29, 0.717) is 17.8 Å². The molecule has 2 aliphatic carbocycles. The monoisotopic (exact) mass is 272 g/mol. The van der Waals surface area contributed by atoms with Gasteiger partial charge in [-0.25, -0.2) is 0 Å². The highest BCUT2D eigenvalue weighted by Crippen LogP contribution is 2.42. The summed E-state index contributed by atoms with van der Waals surface area (Å²) in [6, 6.07) is 17.6. The largest absolute Gasteiger partial charge is 0.0764 e. The topological polar surface area (TPSA) is 0 Å². The Kier molecular flexibility index (Phi) is 3.03. The first-order valence-electron chi connectivity index (χ1n) is 7.87. The van der Waals surface area contributed by atoms with Crippen molar-refractivity contribution < 1.29 is 0 Å². The highest BCUT2D eigenvalue weighted by molar-refractivity contribution is 5.63. The zero-order valence-electron chi connectivity index (χ0n) is 12.4. The third kappa shape index (κ3) is 2.15. The molecule has 0 spiro atoms. The molecule has 0 radical (unpaired) electrons. The smallest absolute Gasteiger partial charge is 0.00532 e. The van der Waals surface area contributed by atoms with Gasteiger partial charge in [-0.1, -0.05) is 79.8 Å². The minimum Gasteiger partial charge on any atom is -0.0764 e. The van der Waals surface area contributed by atoms with E-state index in [1.807, 2.05) is 0 Å². The predicted octanol–water partition coefficient (Wildman–Crippen LogP) is 5.63. The molecular formula is C21H20. The van der Waals surface area contributed by atoms with E-state index in [-0.39, 0.29) is 0 Å². The number of benzene rings is 2. The molecule has 0 fully saturated rings. The van der Waals surface area contributed by atoms with Crippen molar-refractivity contribution in [3.05, 3.63) is 82.9 Å². The normalized spacial score (nSPS) is 23.1. The maximum Gasteiger partial charge on any atom is 0.00532 e. The van der Waals surface area contributed by atoms with Crippen LogP contribution < -0.4 is 0 Å². The first kappa shape index (κ1) is 12.6. The van der Waals surface area contributed by atoms with Crippen molar-refractivity contribution in [3.8, 4) is 0 Å². The zero-order chi connectivity index (χ0) is 14.2. The number of hydrogen-bond acceptors (Lipinski definition) is 0. The van der Waals surface area contributed by atoms with Crippen LogP contribution in [0.2, 0.25) is 0 Å². The lowest BCUT2D eigenvalue weighted by Crippen LogP contribution is -2.09. The molecule has 0 saturated carbocycles. The third-order valence-corrected chi connectivity index (χ3v) is 4.98. The molecular weight excluding hydrogens is 252 g/mol. The van der Waals surface area contributed by atoms with Gasteiger partial charge in [-0.15, -0.1) is 0 Å². The van der Waals surface area contributed by atoms with Gasteiger partial charge in [0.05, 0.1) is 0 Å². The molecule has 0 bridgehead atoms. The lowest BCUT2D eigenvalue weighted by molar-refractivity contribution is 0.467. The molecule has 0 N–H and O–H groups in total. The van der Waals surface area contributed by atoms with Gasteiger partial charge in [0.25, 0.3) is 0 Å². The van der Waals surface area contributed by atoms with Gasteiger partial charge in [-0.2, -0.15) is 0 Å². The molecule has 0 heterocycles. The Balaban J connectivity index is 1.55. The standard InChI is InChI=1S/C21H20/c1-15(19-13-12-17-7-3-5-9-21(17)19)14-18-11-10-16-6-2-4-8-20(16)18/h2-13,15,18-19H,14H2,1H3. The van der Waals surface area contributed by atoms with Gasteiger partial charge in [0.1, 0.15) is 0 Å². The molecule has 3 unspecified atom stereocenters. The summed E-state index contributed by atoms with van der Waals surface area (Å²) in [7, 11) is 0. The van der Waals surface area contributed by atoms with E-state index in [2.05, 4.69) is 79.8 Å². The first-order chi connectivity index (χ1) is 10.3. The summed E-state index contributed by atoms with van der Waals surface area (Å²) in [5.74, 6) is 1.81. The second kappa shape index (κ2) is 5.04. The average Bonchev–Trinajstić information content (AvgIpc) is 3.12. The second-order valence-electron chi connectivity index (χ2n) is 6.32. The second-order valence-corrected chi connectivity index (χ2v) is 6.32. The van der Waals surface area contributed by atoms with Crippen LogP contribution in [0, 0.1) is 5.92 Å². The van der Waals surface area contributed by atoms with Gasteiger partial charge in [0.15, 0.2) is 0 Å². The van der Waals surface area contributed by atoms with Gasteiger partial charge >= 0.3 is 0 Å². The number of allylic oxidation sites excluding steroid dienone is 2. The Labute approximate surface area is 126 Å². The first-order valence-corrected chi connectivity index (χ1v) is 7.87. The van der Waals surface area contributed by atoms with Crippen LogP contribution in [0.1, 0.15) is 47.4 Å². The number of rotatable bonds is 3. The molecule has 2 aromatic carbocycles. The number of fused-ring (bicyclic) bond motifs is 2. The van der Waals surface area contributed by atoms with Crippen molar-refractivity contribution >= 4 is 12.2 Å². The fourth-order valence-electron chi connectivity index (χ4n) is 3.85. The fraction of sp³-hybridized carbons (Fsp3) is 0.238. The molecule has 21 heavy (non-hydrogen) atoms. The minimum absolute atomic E-state index is 0.572. The van der Waals surface area contributed by atoms with Gasteiger partial charge in [-0.05, 0) is 34.6 Å². The molecule has 2 aromatic rings. The van der Waals surface area contributed by atoms with Crippen LogP contribution in [-0.2, 0) is 0 Å². The molecule has 0 amide bonds. The van der Waals surface area contributed by atoms with E-state index in [9.17, 15) is 0 Å². The van der Waals surface area contributed by atoms with E-state index in [1.165, 1.54) is 28.7 Å². The number of hydrogen-bond donors (Lipinski definition) is 0. The Bertz CT molecular complexity index is 720. The van der Waals surface area contributed by atoms with Gasteiger partial charge in [0, 0.05) is 11.8 Å². The van der Waals surface area contributed by atoms with Crippen LogP contribution in [0.5, 0.6) is 0 Å². The van der Waals surface area contributed by atoms with Crippen molar-refractivity contribution in [2.45, 2.75) is 25.2 Å². The molecule has 2 aliphatic rings. The SMILES string of the molecule is CC(CC1C=Cc2ccccc21)C1C=Cc2ccccc21. The predicted molar refractivity (Wildman–Crippen MR) is 90.2 cm³/mol. The summed E-state index contributed by atoms with van der Waals surface area (Å²) in [5, 5.41) is 0. The lowest BCUT2D eigenvalue weighted by Gasteiger charge is -2.23. The van der Waals surface area contributed by atoms with Crippen molar-refractivity contribution in [1.82, 2.24) is 0 Å². The Hall–Kier alpha value is -2.08. The summed E-state index contributed by atoms with van der Waals surface area (Å²) in [6.07, 6.45) is 10.6. The van der Waals surface area contributed by atoms with E-state index in [0.717, 1.165) is 0 Å². The molecule has 0 aliphatic heterocycles. The summed E-state index contributed by atoms with van der Waals surface area (Å²) in [5.41, 5.74) is 5.80. The Morgan fingerprint density at radius 3 is 2.24 bits per heavy atom. The van der Waals surface area contributed by atoms with Gasteiger partial charge in [0.2, 0.25) is 0 Å². The Morgan fingerprint density at radius 1 is 0.810 bits per heavy atom. The van der Waals surface area contributed by atoms with Crippen molar-refractivity contribution in [1.29, 1.82) is 0 Å². The van der Waals surface area contributed by atoms with Crippen LogP contribution in [-0.4, -0.2) is 0 Å². The highest BCUT2D eigenvalue weighted by atomic mass is 14.3. The van der Waals surface area contributed by atoms with Gasteiger partial charge < -0.3 is 0 Å². The van der Waals surface area contributed by atoms with E-state index in [4.69, 9.17) is 0 Å². The van der Waals surface area contributed by atoms with E-state index >= 15 is 0 Å². The highest BCUT2D eigenvalue weighted by Gasteiger charge is 2.26. The van der Waals surface area contributed by atoms with Crippen molar-refractivity contribution in [3.63, 3.8) is 0 Å². The quantitative estimate of drug-likeness (QED) is 0.679. The Morgan fingerprint density at radius 2 is 1.43 bits per heavy atom. The van der Waals surface area contributed by atoms with Crippen molar-refractivity contribution in [2.75, 3.05) is 0 Å². The van der Waals surface area contributed by atoms with Crippen LogP contribution in [0.25, 0.3) is 12.2 Å². The lowest BCUT2D eigenvalue weighted by atomic mass is 9.81. The summed E-state index contributed by atoms with van der Waals surface area (Å²) < 4.78 is 0.